The van der Waals surface area contributed by atoms with Gasteiger partial charge in [-0.05, 0) is 31.0 Å². The van der Waals surface area contributed by atoms with E-state index in [9.17, 15) is 8.78 Å². The zero-order valence-electron chi connectivity index (χ0n) is 14.0. The maximum absolute atomic E-state index is 13.6. The Morgan fingerprint density at radius 2 is 2.25 bits per heavy atom. The lowest BCUT2D eigenvalue weighted by Gasteiger charge is -2.13. The van der Waals surface area contributed by atoms with Crippen LogP contribution in [0.3, 0.4) is 0 Å². The first-order valence-corrected chi connectivity index (χ1v) is 8.23. The highest BCUT2D eigenvalue weighted by molar-refractivity contribution is 5.79. The Hall–Kier alpha value is -1.73. The van der Waals surface area contributed by atoms with E-state index in [-0.39, 0.29) is 12.1 Å². The zero-order chi connectivity index (χ0) is 17.2. The minimum atomic E-state index is -0.457. The fraction of sp³-hybridized carbons (Fsp3) is 0.588. The molecule has 134 valence electrons. The van der Waals surface area contributed by atoms with Crippen LogP contribution < -0.4 is 10.6 Å². The fourth-order valence-electron chi connectivity index (χ4n) is 2.42. The summed E-state index contributed by atoms with van der Waals surface area (Å²) in [6.07, 6.45) is 1.91. The van der Waals surface area contributed by atoms with E-state index in [1.54, 1.807) is 7.05 Å². The molecule has 1 aliphatic heterocycles. The van der Waals surface area contributed by atoms with Crippen LogP contribution >= 0.6 is 0 Å². The van der Waals surface area contributed by atoms with E-state index >= 15 is 0 Å². The van der Waals surface area contributed by atoms with Gasteiger partial charge in [0.2, 0.25) is 0 Å². The Morgan fingerprint density at radius 1 is 1.38 bits per heavy atom. The van der Waals surface area contributed by atoms with Crippen molar-refractivity contribution < 1.29 is 18.3 Å². The van der Waals surface area contributed by atoms with Crippen LogP contribution in [0.2, 0.25) is 0 Å². The average Bonchev–Trinajstić information content (AvgIpc) is 3.09. The van der Waals surface area contributed by atoms with Gasteiger partial charge in [-0.25, -0.2) is 8.78 Å². The summed E-state index contributed by atoms with van der Waals surface area (Å²) >= 11 is 0. The number of ether oxygens (including phenoxy) is 2. The lowest BCUT2D eigenvalue weighted by molar-refractivity contribution is 0.0888. The molecule has 24 heavy (non-hydrogen) atoms. The molecule has 2 N–H and O–H groups in total. The Morgan fingerprint density at radius 3 is 3.00 bits per heavy atom. The third kappa shape index (κ3) is 6.41. The predicted molar refractivity (Wildman–Crippen MR) is 88.9 cm³/mol. The van der Waals surface area contributed by atoms with Gasteiger partial charge in [-0.2, -0.15) is 0 Å². The average molecular weight is 341 g/mol. The number of hydrogen-bond acceptors (Lipinski definition) is 3. The number of nitrogens with zero attached hydrogens (tertiary/aromatic N) is 1. The van der Waals surface area contributed by atoms with Crippen LogP contribution in [0.4, 0.5) is 8.78 Å². The second-order valence-electron chi connectivity index (χ2n) is 5.75. The van der Waals surface area contributed by atoms with Crippen LogP contribution in [0.25, 0.3) is 0 Å². The van der Waals surface area contributed by atoms with Gasteiger partial charge in [-0.1, -0.05) is 0 Å². The molecule has 1 saturated heterocycles. The molecule has 1 fully saturated rings. The van der Waals surface area contributed by atoms with E-state index in [0.717, 1.165) is 44.8 Å². The number of aliphatic imine (C=N–C) groups is 1. The Balaban J connectivity index is 1.59. The maximum Gasteiger partial charge on any atom is 0.191 e. The Bertz CT molecular complexity index is 535. The van der Waals surface area contributed by atoms with E-state index in [1.165, 1.54) is 6.07 Å². The van der Waals surface area contributed by atoms with Crippen molar-refractivity contribution in [3.05, 3.63) is 35.4 Å². The van der Waals surface area contributed by atoms with E-state index in [1.807, 2.05) is 0 Å². The van der Waals surface area contributed by atoms with Gasteiger partial charge >= 0.3 is 0 Å². The van der Waals surface area contributed by atoms with Crippen LogP contribution in [-0.2, 0) is 16.0 Å². The number of rotatable bonds is 8. The minimum absolute atomic E-state index is 0.168. The summed E-state index contributed by atoms with van der Waals surface area (Å²) < 4.78 is 37.6. The molecule has 1 unspecified atom stereocenters. The molecular formula is C17H25F2N3O2. The summed E-state index contributed by atoms with van der Waals surface area (Å²) in [5.41, 5.74) is 0.264. The normalized spacial score (nSPS) is 18.0. The van der Waals surface area contributed by atoms with Crippen LogP contribution in [0.5, 0.6) is 0 Å². The van der Waals surface area contributed by atoms with Crippen LogP contribution in [-0.4, -0.2) is 46.0 Å². The molecule has 2 rings (SSSR count). The molecule has 0 bridgehead atoms. The molecular weight excluding hydrogens is 316 g/mol. The third-order valence-electron chi connectivity index (χ3n) is 3.81. The largest absolute Gasteiger partial charge is 0.381 e. The monoisotopic (exact) mass is 341 g/mol. The Kier molecular flexibility index (Phi) is 7.91. The van der Waals surface area contributed by atoms with Gasteiger partial charge in [-0.15, -0.1) is 0 Å². The van der Waals surface area contributed by atoms with E-state index in [0.29, 0.717) is 25.0 Å². The van der Waals surface area contributed by atoms with Crippen molar-refractivity contribution in [3.8, 4) is 0 Å². The maximum atomic E-state index is 13.6. The van der Waals surface area contributed by atoms with Crippen molar-refractivity contribution in [1.29, 1.82) is 0 Å². The molecule has 1 heterocycles. The van der Waals surface area contributed by atoms with E-state index in [4.69, 9.17) is 9.47 Å². The van der Waals surface area contributed by atoms with Crippen molar-refractivity contribution in [2.75, 3.05) is 40.0 Å². The standard InChI is InChI=1S/C17H25F2N3O2/c1-20-17(22-10-14-9-15(18)3-4-16(14)19)21-6-2-7-23-11-13-5-8-24-12-13/h3-4,9,13H,2,5-8,10-12H2,1H3,(H2,20,21,22). The molecule has 0 spiro atoms. The number of benzene rings is 1. The SMILES string of the molecule is CN=C(NCCCOCC1CCOC1)NCc1cc(F)ccc1F. The molecule has 1 aromatic carbocycles. The topological polar surface area (TPSA) is 54.9 Å². The quantitative estimate of drug-likeness (QED) is 0.432. The van der Waals surface area contributed by atoms with Gasteiger partial charge in [0.1, 0.15) is 11.6 Å². The fourth-order valence-corrected chi connectivity index (χ4v) is 2.42. The number of halogens is 2. The highest BCUT2D eigenvalue weighted by Crippen LogP contribution is 2.12. The highest BCUT2D eigenvalue weighted by atomic mass is 19.1. The molecule has 1 atom stereocenters. The second kappa shape index (κ2) is 10.2. The van der Waals surface area contributed by atoms with Gasteiger partial charge in [0, 0.05) is 44.8 Å². The summed E-state index contributed by atoms with van der Waals surface area (Å²) in [6, 6.07) is 3.40. The van der Waals surface area contributed by atoms with Crippen LogP contribution in [0.1, 0.15) is 18.4 Å². The molecule has 7 heteroatoms. The summed E-state index contributed by atoms with van der Waals surface area (Å²) in [6.45, 7) is 3.90. The lowest BCUT2D eigenvalue weighted by atomic mass is 10.1. The van der Waals surface area contributed by atoms with Crippen LogP contribution in [0, 0.1) is 17.6 Å². The first kappa shape index (κ1) is 18.6. The minimum Gasteiger partial charge on any atom is -0.381 e. The van der Waals surface area contributed by atoms with Gasteiger partial charge in [0.05, 0.1) is 13.2 Å². The van der Waals surface area contributed by atoms with Gasteiger partial charge < -0.3 is 20.1 Å². The van der Waals surface area contributed by atoms with Gasteiger partial charge in [-0.3, -0.25) is 4.99 Å². The summed E-state index contributed by atoms with van der Waals surface area (Å²) in [5, 5.41) is 6.08. The lowest BCUT2D eigenvalue weighted by Crippen LogP contribution is -2.37. The third-order valence-corrected chi connectivity index (χ3v) is 3.81. The van der Waals surface area contributed by atoms with Crippen molar-refractivity contribution in [3.63, 3.8) is 0 Å². The zero-order valence-corrected chi connectivity index (χ0v) is 14.0. The molecule has 0 aromatic heterocycles. The second-order valence-corrected chi connectivity index (χ2v) is 5.75. The Labute approximate surface area is 141 Å². The molecule has 1 aromatic rings. The molecule has 0 saturated carbocycles. The van der Waals surface area contributed by atoms with E-state index < -0.39 is 11.6 Å². The number of guanidine groups is 1. The van der Waals surface area contributed by atoms with Crippen molar-refractivity contribution in [1.82, 2.24) is 10.6 Å². The molecule has 0 amide bonds. The first-order chi connectivity index (χ1) is 11.7. The summed E-state index contributed by atoms with van der Waals surface area (Å²) in [5.74, 6) is 0.168. The van der Waals surface area contributed by atoms with Gasteiger partial charge in [0.25, 0.3) is 0 Å². The first-order valence-electron chi connectivity index (χ1n) is 8.23. The van der Waals surface area contributed by atoms with Crippen molar-refractivity contribution in [2.45, 2.75) is 19.4 Å². The summed E-state index contributed by atoms with van der Waals surface area (Å²) in [4.78, 5) is 4.06. The van der Waals surface area contributed by atoms with Crippen LogP contribution in [0.15, 0.2) is 23.2 Å². The molecule has 0 radical (unpaired) electrons. The molecule has 1 aliphatic rings. The predicted octanol–water partition coefficient (Wildman–Crippen LogP) is 2.07. The number of hydrogen-bond donors (Lipinski definition) is 2. The molecule has 5 nitrogen and oxygen atoms in total. The highest BCUT2D eigenvalue weighted by Gasteiger charge is 2.15. The number of nitrogens with one attached hydrogen (secondary N) is 2. The smallest absolute Gasteiger partial charge is 0.191 e. The van der Waals surface area contributed by atoms with Crippen molar-refractivity contribution in [2.24, 2.45) is 10.9 Å². The molecule has 0 aliphatic carbocycles. The van der Waals surface area contributed by atoms with Crippen molar-refractivity contribution >= 4 is 5.96 Å². The summed E-state index contributed by atoms with van der Waals surface area (Å²) in [7, 11) is 1.63. The van der Waals surface area contributed by atoms with E-state index in [2.05, 4.69) is 15.6 Å². The van der Waals surface area contributed by atoms with Gasteiger partial charge in [0.15, 0.2) is 5.96 Å².